The van der Waals surface area contributed by atoms with Crippen molar-refractivity contribution in [3.8, 4) is 0 Å². The minimum Gasteiger partial charge on any atom is -0.328 e. The molecule has 2 unspecified atom stereocenters. The highest BCUT2D eigenvalue weighted by atomic mass is 15.2. The summed E-state index contributed by atoms with van der Waals surface area (Å²) in [4.78, 5) is 2.71. The number of nitrogens with zero attached hydrogens (tertiary/aromatic N) is 1. The second kappa shape index (κ2) is 4.84. The van der Waals surface area contributed by atoms with Gasteiger partial charge in [-0.2, -0.15) is 0 Å². The fourth-order valence-electron chi connectivity index (χ4n) is 3.18. The molecule has 0 aromatic rings. The van der Waals surface area contributed by atoms with E-state index < -0.39 is 0 Å². The van der Waals surface area contributed by atoms with Crippen LogP contribution in [0.5, 0.6) is 0 Å². The quantitative estimate of drug-likeness (QED) is 0.757. The fraction of sp³-hybridized carbons (Fsp3) is 1.00. The summed E-state index contributed by atoms with van der Waals surface area (Å²) in [5.41, 5.74) is 5.98. The van der Waals surface area contributed by atoms with Crippen LogP contribution >= 0.6 is 0 Å². The second-order valence-electron chi connectivity index (χ2n) is 5.82. The summed E-state index contributed by atoms with van der Waals surface area (Å²) in [5, 5.41) is 0. The van der Waals surface area contributed by atoms with E-state index in [1.165, 1.54) is 45.2 Å². The van der Waals surface area contributed by atoms with Crippen LogP contribution in [0.4, 0.5) is 0 Å². The number of hydrogen-bond donors (Lipinski definition) is 1. The Hall–Kier alpha value is -0.0800. The van der Waals surface area contributed by atoms with Crippen LogP contribution in [0.1, 0.15) is 46.0 Å². The molecule has 1 aliphatic heterocycles. The van der Waals surface area contributed by atoms with Crippen molar-refractivity contribution in [2.45, 2.75) is 58.0 Å². The standard InChI is InChI=1S/C13H26N2/c1-10-3-5-13(6-4-10)15-8-7-12(9-15)11(2)14/h10-13H,3-9,14H2,1-2H3. The van der Waals surface area contributed by atoms with Gasteiger partial charge in [-0.3, -0.25) is 0 Å². The van der Waals surface area contributed by atoms with Crippen LogP contribution in [-0.4, -0.2) is 30.1 Å². The molecule has 2 fully saturated rings. The van der Waals surface area contributed by atoms with E-state index in [4.69, 9.17) is 5.73 Å². The lowest BCUT2D eigenvalue weighted by Crippen LogP contribution is -2.37. The number of hydrogen-bond acceptors (Lipinski definition) is 2. The molecule has 2 nitrogen and oxygen atoms in total. The molecule has 0 amide bonds. The maximum Gasteiger partial charge on any atom is 0.00955 e. The van der Waals surface area contributed by atoms with Crippen LogP contribution in [0.2, 0.25) is 0 Å². The van der Waals surface area contributed by atoms with Gasteiger partial charge in [0, 0.05) is 18.6 Å². The van der Waals surface area contributed by atoms with Gasteiger partial charge in [0.1, 0.15) is 0 Å². The molecule has 1 saturated heterocycles. The van der Waals surface area contributed by atoms with Crippen LogP contribution in [-0.2, 0) is 0 Å². The van der Waals surface area contributed by atoms with Crippen LogP contribution < -0.4 is 5.73 Å². The Kier molecular flexibility index (Phi) is 3.68. The molecule has 1 heterocycles. The van der Waals surface area contributed by atoms with Crippen molar-refractivity contribution in [2.24, 2.45) is 17.6 Å². The van der Waals surface area contributed by atoms with Crippen molar-refractivity contribution < 1.29 is 0 Å². The molecule has 15 heavy (non-hydrogen) atoms. The van der Waals surface area contributed by atoms with Crippen molar-refractivity contribution in [3.05, 3.63) is 0 Å². The Morgan fingerprint density at radius 2 is 1.80 bits per heavy atom. The molecule has 0 aromatic carbocycles. The Labute approximate surface area is 94.2 Å². The van der Waals surface area contributed by atoms with E-state index in [0.717, 1.165) is 17.9 Å². The summed E-state index contributed by atoms with van der Waals surface area (Å²) >= 11 is 0. The van der Waals surface area contributed by atoms with Gasteiger partial charge in [0.15, 0.2) is 0 Å². The van der Waals surface area contributed by atoms with E-state index >= 15 is 0 Å². The molecule has 2 aliphatic rings. The van der Waals surface area contributed by atoms with E-state index in [-0.39, 0.29) is 0 Å². The fourth-order valence-corrected chi connectivity index (χ4v) is 3.18. The van der Waals surface area contributed by atoms with E-state index in [0.29, 0.717) is 6.04 Å². The van der Waals surface area contributed by atoms with Gasteiger partial charge in [-0.05, 0) is 57.4 Å². The van der Waals surface area contributed by atoms with Gasteiger partial charge in [-0.1, -0.05) is 6.92 Å². The molecular formula is C13H26N2. The summed E-state index contributed by atoms with van der Waals surface area (Å²) in [5.74, 6) is 1.72. The lowest BCUT2D eigenvalue weighted by atomic mass is 9.86. The molecular weight excluding hydrogens is 184 g/mol. The molecule has 1 saturated carbocycles. The van der Waals surface area contributed by atoms with Crippen LogP contribution in [0.25, 0.3) is 0 Å². The van der Waals surface area contributed by atoms with Crippen LogP contribution in [0.15, 0.2) is 0 Å². The van der Waals surface area contributed by atoms with Crippen molar-refractivity contribution in [2.75, 3.05) is 13.1 Å². The molecule has 1 aliphatic carbocycles. The Morgan fingerprint density at radius 3 is 2.33 bits per heavy atom. The van der Waals surface area contributed by atoms with Crippen molar-refractivity contribution >= 4 is 0 Å². The lowest BCUT2D eigenvalue weighted by Gasteiger charge is -2.33. The van der Waals surface area contributed by atoms with Crippen molar-refractivity contribution in [1.82, 2.24) is 4.90 Å². The van der Waals surface area contributed by atoms with Crippen LogP contribution in [0, 0.1) is 11.8 Å². The molecule has 2 rings (SSSR count). The maximum absolute atomic E-state index is 5.98. The van der Waals surface area contributed by atoms with Gasteiger partial charge in [0.05, 0.1) is 0 Å². The third kappa shape index (κ3) is 2.73. The van der Waals surface area contributed by atoms with Gasteiger partial charge < -0.3 is 10.6 Å². The lowest BCUT2D eigenvalue weighted by molar-refractivity contribution is 0.163. The zero-order valence-corrected chi connectivity index (χ0v) is 10.3. The van der Waals surface area contributed by atoms with Gasteiger partial charge in [0.25, 0.3) is 0 Å². The molecule has 2 heteroatoms. The SMILES string of the molecule is CC1CCC(N2CCC(C(C)N)C2)CC1. The third-order valence-electron chi connectivity index (χ3n) is 4.50. The Bertz CT molecular complexity index is 195. The first kappa shape index (κ1) is 11.4. The second-order valence-corrected chi connectivity index (χ2v) is 5.82. The van der Waals surface area contributed by atoms with E-state index in [2.05, 4.69) is 18.7 Å². The Morgan fingerprint density at radius 1 is 1.13 bits per heavy atom. The van der Waals surface area contributed by atoms with Crippen molar-refractivity contribution in [3.63, 3.8) is 0 Å². The van der Waals surface area contributed by atoms with E-state index in [1.807, 2.05) is 0 Å². The summed E-state index contributed by atoms with van der Waals surface area (Å²) in [6, 6.07) is 1.27. The monoisotopic (exact) mass is 210 g/mol. The highest BCUT2D eigenvalue weighted by Gasteiger charge is 2.31. The predicted octanol–water partition coefficient (Wildman–Crippen LogP) is 2.23. The zero-order valence-electron chi connectivity index (χ0n) is 10.3. The molecule has 0 spiro atoms. The number of rotatable bonds is 2. The topological polar surface area (TPSA) is 29.3 Å². The average molecular weight is 210 g/mol. The molecule has 0 aromatic heterocycles. The third-order valence-corrected chi connectivity index (χ3v) is 4.50. The highest BCUT2D eigenvalue weighted by Crippen LogP contribution is 2.30. The summed E-state index contributed by atoms with van der Waals surface area (Å²) < 4.78 is 0. The Balaban J connectivity index is 1.80. The van der Waals surface area contributed by atoms with Gasteiger partial charge in [-0.15, -0.1) is 0 Å². The number of nitrogens with two attached hydrogens (primary N) is 1. The van der Waals surface area contributed by atoms with E-state index in [9.17, 15) is 0 Å². The first-order chi connectivity index (χ1) is 7.16. The first-order valence-corrected chi connectivity index (χ1v) is 6.66. The molecule has 2 N–H and O–H groups in total. The maximum atomic E-state index is 5.98. The van der Waals surface area contributed by atoms with Crippen molar-refractivity contribution in [1.29, 1.82) is 0 Å². The average Bonchev–Trinajstić information content (AvgIpc) is 2.68. The number of likely N-dealkylation sites (tertiary alicyclic amines) is 1. The smallest absolute Gasteiger partial charge is 0.00955 e. The molecule has 88 valence electrons. The molecule has 0 bridgehead atoms. The predicted molar refractivity (Wildman–Crippen MR) is 64.7 cm³/mol. The molecule has 2 atom stereocenters. The van der Waals surface area contributed by atoms with Crippen LogP contribution in [0.3, 0.4) is 0 Å². The summed E-state index contributed by atoms with van der Waals surface area (Å²) in [6.07, 6.45) is 7.04. The van der Waals surface area contributed by atoms with E-state index in [1.54, 1.807) is 0 Å². The van der Waals surface area contributed by atoms with Gasteiger partial charge >= 0.3 is 0 Å². The summed E-state index contributed by atoms with van der Waals surface area (Å²) in [6.45, 7) is 7.12. The summed E-state index contributed by atoms with van der Waals surface area (Å²) in [7, 11) is 0. The largest absolute Gasteiger partial charge is 0.328 e. The van der Waals surface area contributed by atoms with Gasteiger partial charge in [0.2, 0.25) is 0 Å². The first-order valence-electron chi connectivity index (χ1n) is 6.66. The normalized spacial score (nSPS) is 40.6. The highest BCUT2D eigenvalue weighted by molar-refractivity contribution is 4.87. The minimum atomic E-state index is 0.387. The molecule has 0 radical (unpaired) electrons. The minimum absolute atomic E-state index is 0.387. The van der Waals surface area contributed by atoms with Gasteiger partial charge in [-0.25, -0.2) is 0 Å². The zero-order chi connectivity index (χ0) is 10.8.